The summed E-state index contributed by atoms with van der Waals surface area (Å²) < 4.78 is 0. The number of aromatic nitrogens is 1. The van der Waals surface area contributed by atoms with Crippen molar-refractivity contribution in [2.45, 2.75) is 37.5 Å². The van der Waals surface area contributed by atoms with Crippen LogP contribution in [0.2, 0.25) is 0 Å². The van der Waals surface area contributed by atoms with Crippen molar-refractivity contribution in [1.82, 2.24) is 10.3 Å². The van der Waals surface area contributed by atoms with E-state index in [0.29, 0.717) is 11.3 Å². The maximum atomic E-state index is 4.58. The summed E-state index contributed by atoms with van der Waals surface area (Å²) in [5.41, 5.74) is 0.502. The Hall–Kier alpha value is -0.410. The van der Waals surface area contributed by atoms with E-state index in [2.05, 4.69) is 23.4 Å². The topological polar surface area (TPSA) is 24.9 Å². The minimum Gasteiger partial charge on any atom is -0.316 e. The fraction of sp³-hybridized carbons (Fsp3) is 0.727. The van der Waals surface area contributed by atoms with Crippen molar-refractivity contribution in [1.29, 1.82) is 0 Å². The number of hydrogen-bond acceptors (Lipinski definition) is 3. The molecule has 1 aliphatic heterocycles. The molecule has 0 aromatic carbocycles. The SMILES string of the molecule is CC1(c2cnc(C3CCNC3)s2)CC1. The van der Waals surface area contributed by atoms with Gasteiger partial charge in [0.1, 0.15) is 0 Å². The zero-order chi connectivity index (χ0) is 9.60. The van der Waals surface area contributed by atoms with Crippen LogP contribution in [0.4, 0.5) is 0 Å². The van der Waals surface area contributed by atoms with Gasteiger partial charge < -0.3 is 5.32 Å². The van der Waals surface area contributed by atoms with E-state index in [1.165, 1.54) is 29.1 Å². The fourth-order valence-corrected chi connectivity index (χ4v) is 3.31. The molecule has 0 radical (unpaired) electrons. The summed E-state index contributed by atoms with van der Waals surface area (Å²) in [5, 5.41) is 4.76. The normalized spacial score (nSPS) is 29.4. The average molecular weight is 208 g/mol. The molecule has 0 amide bonds. The smallest absolute Gasteiger partial charge is 0.0971 e. The highest BCUT2D eigenvalue weighted by molar-refractivity contribution is 7.11. The van der Waals surface area contributed by atoms with Crippen LogP contribution in [0.1, 0.15) is 42.0 Å². The van der Waals surface area contributed by atoms with Crippen molar-refractivity contribution in [3.8, 4) is 0 Å². The second-order valence-corrected chi connectivity index (χ2v) is 5.88. The predicted molar refractivity (Wildman–Crippen MR) is 58.9 cm³/mol. The van der Waals surface area contributed by atoms with Crippen LogP contribution in [0, 0.1) is 0 Å². The number of thiazole rings is 1. The van der Waals surface area contributed by atoms with Gasteiger partial charge in [0.2, 0.25) is 0 Å². The standard InChI is InChI=1S/C11H16N2S/c1-11(3-4-11)9-7-13-10(14-9)8-2-5-12-6-8/h7-8,12H,2-6H2,1H3. The molecule has 2 aliphatic rings. The van der Waals surface area contributed by atoms with E-state index in [-0.39, 0.29) is 0 Å². The molecule has 76 valence electrons. The van der Waals surface area contributed by atoms with Crippen molar-refractivity contribution < 1.29 is 0 Å². The second kappa shape index (κ2) is 3.04. The zero-order valence-corrected chi connectivity index (χ0v) is 9.36. The van der Waals surface area contributed by atoms with Crippen LogP contribution < -0.4 is 5.32 Å². The second-order valence-electron chi connectivity index (χ2n) is 4.81. The third kappa shape index (κ3) is 1.39. The number of hydrogen-bond donors (Lipinski definition) is 1. The van der Waals surface area contributed by atoms with Gasteiger partial charge in [0.15, 0.2) is 0 Å². The molecule has 3 rings (SSSR count). The Bertz CT molecular complexity index is 335. The number of rotatable bonds is 2. The quantitative estimate of drug-likeness (QED) is 0.806. The van der Waals surface area contributed by atoms with Gasteiger partial charge >= 0.3 is 0 Å². The Balaban J connectivity index is 1.82. The van der Waals surface area contributed by atoms with E-state index < -0.39 is 0 Å². The van der Waals surface area contributed by atoms with Crippen LogP contribution in [-0.2, 0) is 5.41 Å². The average Bonchev–Trinajstić information content (AvgIpc) is 2.73. The first-order valence-corrected chi connectivity index (χ1v) is 6.26. The van der Waals surface area contributed by atoms with Crippen molar-refractivity contribution in [2.24, 2.45) is 0 Å². The van der Waals surface area contributed by atoms with Gasteiger partial charge in [-0.2, -0.15) is 0 Å². The number of nitrogens with zero attached hydrogens (tertiary/aromatic N) is 1. The van der Waals surface area contributed by atoms with Crippen LogP contribution in [0.5, 0.6) is 0 Å². The first-order valence-electron chi connectivity index (χ1n) is 5.45. The largest absolute Gasteiger partial charge is 0.316 e. The van der Waals surface area contributed by atoms with E-state index >= 15 is 0 Å². The molecule has 1 saturated carbocycles. The van der Waals surface area contributed by atoms with Gasteiger partial charge in [0, 0.05) is 29.0 Å². The minimum atomic E-state index is 0.502. The molecule has 0 spiro atoms. The van der Waals surface area contributed by atoms with E-state index in [4.69, 9.17) is 0 Å². The van der Waals surface area contributed by atoms with E-state index in [0.717, 1.165) is 13.1 Å². The molecule has 3 heteroatoms. The minimum absolute atomic E-state index is 0.502. The van der Waals surface area contributed by atoms with Gasteiger partial charge in [-0.05, 0) is 25.8 Å². The molecule has 1 saturated heterocycles. The molecule has 1 atom stereocenters. The maximum Gasteiger partial charge on any atom is 0.0971 e. The Morgan fingerprint density at radius 3 is 3.07 bits per heavy atom. The molecular weight excluding hydrogens is 192 g/mol. The molecule has 2 nitrogen and oxygen atoms in total. The summed E-state index contributed by atoms with van der Waals surface area (Å²) in [6.07, 6.45) is 6.10. The highest BCUT2D eigenvalue weighted by atomic mass is 32.1. The Morgan fingerprint density at radius 1 is 1.57 bits per heavy atom. The Kier molecular flexibility index (Phi) is 1.92. The molecule has 2 fully saturated rings. The van der Waals surface area contributed by atoms with Crippen LogP contribution in [-0.4, -0.2) is 18.1 Å². The third-order valence-corrected chi connectivity index (χ3v) is 4.99. The van der Waals surface area contributed by atoms with Gasteiger partial charge in [-0.1, -0.05) is 6.92 Å². The van der Waals surface area contributed by atoms with Crippen molar-refractivity contribution in [3.05, 3.63) is 16.1 Å². The molecule has 0 bridgehead atoms. The molecule has 1 aromatic heterocycles. The predicted octanol–water partition coefficient (Wildman–Crippen LogP) is 2.27. The van der Waals surface area contributed by atoms with Gasteiger partial charge in [-0.3, -0.25) is 0 Å². The molecule has 1 aliphatic carbocycles. The van der Waals surface area contributed by atoms with E-state index in [9.17, 15) is 0 Å². The lowest BCUT2D eigenvalue weighted by molar-refractivity contribution is 0.755. The highest BCUT2D eigenvalue weighted by Gasteiger charge is 2.41. The van der Waals surface area contributed by atoms with Crippen LogP contribution >= 0.6 is 11.3 Å². The van der Waals surface area contributed by atoms with Crippen LogP contribution in [0.25, 0.3) is 0 Å². The zero-order valence-electron chi connectivity index (χ0n) is 8.55. The monoisotopic (exact) mass is 208 g/mol. The summed E-state index contributed by atoms with van der Waals surface area (Å²) in [5.74, 6) is 0.691. The van der Waals surface area contributed by atoms with Crippen LogP contribution in [0.15, 0.2) is 6.20 Å². The maximum absolute atomic E-state index is 4.58. The van der Waals surface area contributed by atoms with E-state index in [1.807, 2.05) is 11.3 Å². The summed E-state index contributed by atoms with van der Waals surface area (Å²) in [7, 11) is 0. The molecule has 2 heterocycles. The summed E-state index contributed by atoms with van der Waals surface area (Å²) in [4.78, 5) is 6.10. The summed E-state index contributed by atoms with van der Waals surface area (Å²) >= 11 is 1.95. The van der Waals surface area contributed by atoms with Crippen molar-refractivity contribution in [2.75, 3.05) is 13.1 Å². The fourth-order valence-electron chi connectivity index (χ4n) is 2.05. The number of nitrogens with one attached hydrogen (secondary N) is 1. The van der Waals surface area contributed by atoms with Crippen molar-refractivity contribution >= 4 is 11.3 Å². The van der Waals surface area contributed by atoms with E-state index in [1.54, 1.807) is 0 Å². The molecule has 1 N–H and O–H groups in total. The first-order chi connectivity index (χ1) is 6.78. The molecular formula is C11H16N2S. The van der Waals surface area contributed by atoms with Gasteiger partial charge in [-0.15, -0.1) is 11.3 Å². The Morgan fingerprint density at radius 2 is 2.43 bits per heavy atom. The lowest BCUT2D eigenvalue weighted by Crippen LogP contribution is -2.07. The summed E-state index contributed by atoms with van der Waals surface area (Å²) in [6.45, 7) is 4.65. The lowest BCUT2D eigenvalue weighted by atomic mass is 10.1. The van der Waals surface area contributed by atoms with Crippen LogP contribution in [0.3, 0.4) is 0 Å². The third-order valence-electron chi connectivity index (χ3n) is 3.53. The highest BCUT2D eigenvalue weighted by Crippen LogP contribution is 2.50. The van der Waals surface area contributed by atoms with Crippen molar-refractivity contribution in [3.63, 3.8) is 0 Å². The van der Waals surface area contributed by atoms with Gasteiger partial charge in [-0.25, -0.2) is 4.98 Å². The van der Waals surface area contributed by atoms with Gasteiger partial charge in [0.05, 0.1) is 5.01 Å². The Labute approximate surface area is 88.7 Å². The molecule has 1 aromatic rings. The summed E-state index contributed by atoms with van der Waals surface area (Å²) in [6, 6.07) is 0. The lowest BCUT2D eigenvalue weighted by Gasteiger charge is -2.03. The van der Waals surface area contributed by atoms with Gasteiger partial charge in [0.25, 0.3) is 0 Å². The first kappa shape index (κ1) is 8.86. The molecule has 1 unspecified atom stereocenters. The molecule has 14 heavy (non-hydrogen) atoms.